The van der Waals surface area contributed by atoms with E-state index in [1.807, 2.05) is 30.3 Å². The summed E-state index contributed by atoms with van der Waals surface area (Å²) in [5, 5.41) is 9.74. The van der Waals surface area contributed by atoms with Crippen LogP contribution in [-0.4, -0.2) is 11.1 Å². The zero-order valence-corrected chi connectivity index (χ0v) is 12.9. The molecule has 1 saturated carbocycles. The van der Waals surface area contributed by atoms with Gasteiger partial charge in [0.1, 0.15) is 0 Å². The molecule has 1 aliphatic rings. The monoisotopic (exact) mass is 274 g/mol. The third-order valence-corrected chi connectivity index (χ3v) is 5.01. The van der Waals surface area contributed by atoms with Crippen molar-refractivity contribution in [3.8, 4) is 0 Å². The van der Waals surface area contributed by atoms with Gasteiger partial charge in [-0.3, -0.25) is 4.79 Å². The van der Waals surface area contributed by atoms with Gasteiger partial charge in [-0.1, -0.05) is 51.1 Å². The largest absolute Gasteiger partial charge is 0.481 e. The van der Waals surface area contributed by atoms with Crippen molar-refractivity contribution in [2.24, 2.45) is 16.7 Å². The number of hydrogen-bond donors (Lipinski definition) is 1. The van der Waals surface area contributed by atoms with Crippen LogP contribution in [-0.2, 0) is 11.2 Å². The number of hydrogen-bond acceptors (Lipinski definition) is 1. The molecule has 0 heterocycles. The van der Waals surface area contributed by atoms with Crippen LogP contribution in [0.3, 0.4) is 0 Å². The zero-order valence-electron chi connectivity index (χ0n) is 12.9. The summed E-state index contributed by atoms with van der Waals surface area (Å²) in [6, 6.07) is 10.0. The molecule has 0 aromatic heterocycles. The van der Waals surface area contributed by atoms with E-state index in [9.17, 15) is 9.90 Å². The van der Waals surface area contributed by atoms with Crippen LogP contribution in [0.1, 0.15) is 52.0 Å². The maximum absolute atomic E-state index is 11.8. The summed E-state index contributed by atoms with van der Waals surface area (Å²) in [6.07, 6.45) is 4.34. The number of carboxylic acids is 1. The molecule has 2 nitrogen and oxygen atoms in total. The highest BCUT2D eigenvalue weighted by molar-refractivity contribution is 5.75. The molecule has 1 N–H and O–H groups in total. The van der Waals surface area contributed by atoms with Crippen molar-refractivity contribution in [3.63, 3.8) is 0 Å². The second-order valence-corrected chi connectivity index (χ2v) is 7.39. The molecule has 1 aromatic carbocycles. The van der Waals surface area contributed by atoms with Crippen LogP contribution in [0, 0.1) is 16.7 Å². The van der Waals surface area contributed by atoms with Crippen molar-refractivity contribution < 1.29 is 9.90 Å². The summed E-state index contributed by atoms with van der Waals surface area (Å²) in [6.45, 7) is 6.80. The summed E-state index contributed by atoms with van der Waals surface area (Å²) in [5.74, 6) is 0.0273. The molecule has 0 atom stereocenters. The maximum Gasteiger partial charge on any atom is 0.309 e. The Balaban J connectivity index is 2.12. The van der Waals surface area contributed by atoms with Crippen molar-refractivity contribution in [2.75, 3.05) is 0 Å². The van der Waals surface area contributed by atoms with Crippen LogP contribution < -0.4 is 0 Å². The lowest BCUT2D eigenvalue weighted by Gasteiger charge is -2.42. The van der Waals surface area contributed by atoms with Gasteiger partial charge in [0.2, 0.25) is 0 Å². The maximum atomic E-state index is 11.8. The normalized spacial score (nSPS) is 27.2. The van der Waals surface area contributed by atoms with Gasteiger partial charge in [0.25, 0.3) is 0 Å². The molecular formula is C18H26O2. The molecule has 1 aliphatic carbocycles. The van der Waals surface area contributed by atoms with Crippen LogP contribution in [0.4, 0.5) is 0 Å². The molecule has 2 rings (SSSR count). The van der Waals surface area contributed by atoms with Crippen molar-refractivity contribution in [1.82, 2.24) is 0 Å². The van der Waals surface area contributed by atoms with Crippen LogP contribution in [0.5, 0.6) is 0 Å². The molecule has 110 valence electrons. The lowest BCUT2D eigenvalue weighted by atomic mass is 9.62. The quantitative estimate of drug-likeness (QED) is 0.878. The van der Waals surface area contributed by atoms with Gasteiger partial charge in [0.15, 0.2) is 0 Å². The lowest BCUT2D eigenvalue weighted by molar-refractivity contribution is -0.152. The Bertz CT molecular complexity index is 448. The van der Waals surface area contributed by atoms with Crippen LogP contribution in [0.25, 0.3) is 0 Å². The summed E-state index contributed by atoms with van der Waals surface area (Å²) in [5.41, 5.74) is 0.879. The minimum absolute atomic E-state index is 0.289. The first-order valence-electron chi connectivity index (χ1n) is 7.61. The highest BCUT2D eigenvalue weighted by Gasteiger charge is 2.43. The molecule has 0 aliphatic heterocycles. The number of carboxylic acid groups (broad SMARTS) is 1. The number of rotatable bonds is 3. The van der Waals surface area contributed by atoms with Crippen LogP contribution >= 0.6 is 0 Å². The SMILES string of the molecule is CC(C)(C)C1CCC(Cc2ccccc2)(C(=O)O)CC1. The van der Waals surface area contributed by atoms with Gasteiger partial charge in [0.05, 0.1) is 5.41 Å². The Morgan fingerprint density at radius 2 is 1.75 bits per heavy atom. The molecule has 2 heteroatoms. The average Bonchev–Trinajstić information content (AvgIpc) is 2.39. The van der Waals surface area contributed by atoms with E-state index in [1.165, 1.54) is 0 Å². The number of carbonyl (C=O) groups is 1. The third-order valence-electron chi connectivity index (χ3n) is 5.01. The van der Waals surface area contributed by atoms with E-state index in [0.29, 0.717) is 12.3 Å². The first-order chi connectivity index (χ1) is 9.33. The van der Waals surface area contributed by atoms with E-state index in [4.69, 9.17) is 0 Å². The Kier molecular flexibility index (Phi) is 4.22. The molecule has 0 spiro atoms. The first kappa shape index (κ1) is 15.1. The second-order valence-electron chi connectivity index (χ2n) is 7.39. The predicted molar refractivity (Wildman–Crippen MR) is 81.6 cm³/mol. The fourth-order valence-electron chi connectivity index (χ4n) is 3.49. The highest BCUT2D eigenvalue weighted by atomic mass is 16.4. The average molecular weight is 274 g/mol. The number of aliphatic carboxylic acids is 1. The summed E-state index contributed by atoms with van der Waals surface area (Å²) < 4.78 is 0. The molecule has 0 radical (unpaired) electrons. The number of benzene rings is 1. The Hall–Kier alpha value is -1.31. The van der Waals surface area contributed by atoms with Crippen LogP contribution in [0.2, 0.25) is 0 Å². The van der Waals surface area contributed by atoms with E-state index in [1.54, 1.807) is 0 Å². The topological polar surface area (TPSA) is 37.3 Å². The predicted octanol–water partition coefficient (Wildman–Crippen LogP) is 4.54. The fraction of sp³-hybridized carbons (Fsp3) is 0.611. The molecule has 20 heavy (non-hydrogen) atoms. The van der Waals surface area contributed by atoms with Crippen molar-refractivity contribution in [2.45, 2.75) is 52.9 Å². The Labute approximate surface area is 122 Å². The van der Waals surface area contributed by atoms with Gasteiger partial charge in [-0.25, -0.2) is 0 Å². The van der Waals surface area contributed by atoms with E-state index in [2.05, 4.69) is 20.8 Å². The highest BCUT2D eigenvalue weighted by Crippen LogP contribution is 2.47. The van der Waals surface area contributed by atoms with Gasteiger partial charge >= 0.3 is 5.97 Å². The van der Waals surface area contributed by atoms with Crippen LogP contribution in [0.15, 0.2) is 30.3 Å². The smallest absolute Gasteiger partial charge is 0.309 e. The van der Waals surface area contributed by atoms with Gasteiger partial charge in [0, 0.05) is 0 Å². The molecule has 0 saturated heterocycles. The summed E-state index contributed by atoms with van der Waals surface area (Å²) in [7, 11) is 0. The van der Waals surface area contributed by atoms with E-state index < -0.39 is 11.4 Å². The standard InChI is InChI=1S/C18H26O2/c1-17(2,3)15-9-11-18(12-10-15,16(19)20)13-14-7-5-4-6-8-14/h4-8,15H,9-13H2,1-3H3,(H,19,20). The van der Waals surface area contributed by atoms with E-state index in [-0.39, 0.29) is 5.41 Å². The van der Waals surface area contributed by atoms with Gasteiger partial charge < -0.3 is 5.11 Å². The van der Waals surface area contributed by atoms with E-state index in [0.717, 1.165) is 31.2 Å². The first-order valence-corrected chi connectivity index (χ1v) is 7.61. The van der Waals surface area contributed by atoms with Crippen molar-refractivity contribution in [1.29, 1.82) is 0 Å². The lowest BCUT2D eigenvalue weighted by Crippen LogP contribution is -2.39. The van der Waals surface area contributed by atoms with Gasteiger partial charge in [-0.05, 0) is 49.0 Å². The molecule has 0 unspecified atom stereocenters. The summed E-state index contributed by atoms with van der Waals surface area (Å²) in [4.78, 5) is 11.8. The molecule has 1 fully saturated rings. The Morgan fingerprint density at radius 1 is 1.20 bits per heavy atom. The van der Waals surface area contributed by atoms with Crippen molar-refractivity contribution in [3.05, 3.63) is 35.9 Å². The van der Waals surface area contributed by atoms with Gasteiger partial charge in [-0.15, -0.1) is 0 Å². The Morgan fingerprint density at radius 3 is 2.20 bits per heavy atom. The second kappa shape index (κ2) is 5.59. The molecule has 1 aromatic rings. The summed E-state index contributed by atoms with van der Waals surface area (Å²) >= 11 is 0. The third kappa shape index (κ3) is 3.23. The minimum Gasteiger partial charge on any atom is -0.481 e. The minimum atomic E-state index is -0.617. The molecule has 0 bridgehead atoms. The van der Waals surface area contributed by atoms with E-state index >= 15 is 0 Å². The van der Waals surface area contributed by atoms with Gasteiger partial charge in [-0.2, -0.15) is 0 Å². The molecular weight excluding hydrogens is 248 g/mol. The molecule has 0 amide bonds. The van der Waals surface area contributed by atoms with Crippen molar-refractivity contribution >= 4 is 5.97 Å². The fourth-order valence-corrected chi connectivity index (χ4v) is 3.49. The zero-order chi connectivity index (χ0) is 14.8.